The maximum atomic E-state index is 11.5. The van der Waals surface area contributed by atoms with Crippen LogP contribution in [0.1, 0.15) is 16.1 Å². The zero-order valence-electron chi connectivity index (χ0n) is 10.5. The molecule has 0 spiro atoms. The summed E-state index contributed by atoms with van der Waals surface area (Å²) in [5.41, 5.74) is 7.94. The fourth-order valence-corrected chi connectivity index (χ4v) is 2.10. The molecule has 0 radical (unpaired) electrons. The van der Waals surface area contributed by atoms with Gasteiger partial charge in [-0.2, -0.15) is 0 Å². The molecule has 1 amide bonds. The first-order valence-electron chi connectivity index (χ1n) is 5.49. The molecule has 2 aromatic heterocycles. The van der Waals surface area contributed by atoms with Gasteiger partial charge in [-0.15, -0.1) is 0 Å². The Hall–Kier alpha value is -1.95. The van der Waals surface area contributed by atoms with Gasteiger partial charge in [-0.1, -0.05) is 0 Å². The monoisotopic (exact) mass is 321 g/mol. The number of ether oxygens (including phenoxy) is 1. The van der Waals surface area contributed by atoms with E-state index >= 15 is 0 Å². The van der Waals surface area contributed by atoms with Crippen LogP contribution in [-0.2, 0) is 0 Å². The second-order valence-electron chi connectivity index (χ2n) is 3.94. The predicted octanol–water partition coefficient (Wildman–Crippen LogP) is 2.32. The van der Waals surface area contributed by atoms with Gasteiger partial charge < -0.3 is 10.5 Å². The van der Waals surface area contributed by atoms with Crippen molar-refractivity contribution in [2.24, 2.45) is 5.73 Å². The summed E-state index contributed by atoms with van der Waals surface area (Å²) in [6.07, 6.45) is 3.06. The number of methoxy groups -OCH3 is 1. The lowest BCUT2D eigenvalue weighted by atomic mass is 10.0. The van der Waals surface area contributed by atoms with Crippen LogP contribution in [0.15, 0.2) is 29.1 Å². The van der Waals surface area contributed by atoms with E-state index in [1.807, 2.05) is 6.92 Å². The van der Waals surface area contributed by atoms with E-state index in [9.17, 15) is 4.79 Å². The second-order valence-corrected chi connectivity index (χ2v) is 4.76. The van der Waals surface area contributed by atoms with Gasteiger partial charge in [0.2, 0.25) is 0 Å². The number of amides is 1. The molecule has 0 aromatic carbocycles. The Balaban J connectivity index is 2.73. The number of nitrogens with two attached hydrogens (primary N) is 1. The molecule has 98 valence electrons. The molecule has 0 bridgehead atoms. The van der Waals surface area contributed by atoms with Crippen LogP contribution in [0.5, 0.6) is 5.75 Å². The van der Waals surface area contributed by atoms with Gasteiger partial charge in [-0.3, -0.25) is 9.78 Å². The molecule has 2 aromatic rings. The summed E-state index contributed by atoms with van der Waals surface area (Å²) in [6, 6.07) is 3.57. The summed E-state index contributed by atoms with van der Waals surface area (Å²) < 4.78 is 5.92. The predicted molar refractivity (Wildman–Crippen MR) is 75.0 cm³/mol. The Bertz CT molecular complexity index is 644. The Morgan fingerprint density at radius 1 is 1.26 bits per heavy atom. The van der Waals surface area contributed by atoms with Crippen molar-refractivity contribution in [2.75, 3.05) is 7.11 Å². The molecule has 0 saturated heterocycles. The molecule has 2 heterocycles. The molecule has 0 saturated carbocycles. The molecule has 0 atom stereocenters. The van der Waals surface area contributed by atoms with Gasteiger partial charge in [0.05, 0.1) is 18.9 Å². The van der Waals surface area contributed by atoms with Crippen molar-refractivity contribution in [3.05, 3.63) is 40.4 Å². The number of hydrogen-bond acceptors (Lipinski definition) is 4. The number of pyridine rings is 2. The fraction of sp³-hybridized carbons (Fsp3) is 0.154. The van der Waals surface area contributed by atoms with Crippen LogP contribution in [0, 0.1) is 6.92 Å². The minimum Gasteiger partial charge on any atom is -0.494 e. The molecule has 0 unspecified atom stereocenters. The SMILES string of the molecule is COc1cnc(Br)cc1-c1cc(C)ncc1C(N)=O. The highest BCUT2D eigenvalue weighted by molar-refractivity contribution is 9.10. The third-order valence-electron chi connectivity index (χ3n) is 2.65. The first-order chi connectivity index (χ1) is 9.02. The van der Waals surface area contributed by atoms with Gasteiger partial charge in [0.1, 0.15) is 10.4 Å². The molecular formula is C13H12BrN3O2. The summed E-state index contributed by atoms with van der Waals surface area (Å²) >= 11 is 3.30. The molecule has 2 rings (SSSR count). The smallest absolute Gasteiger partial charge is 0.250 e. The molecule has 0 fully saturated rings. The van der Waals surface area contributed by atoms with Crippen molar-refractivity contribution < 1.29 is 9.53 Å². The maximum absolute atomic E-state index is 11.5. The van der Waals surface area contributed by atoms with Gasteiger partial charge >= 0.3 is 0 Å². The molecule has 0 aliphatic heterocycles. The second kappa shape index (κ2) is 5.36. The summed E-state index contributed by atoms with van der Waals surface area (Å²) in [6.45, 7) is 1.84. The van der Waals surface area contributed by atoms with E-state index in [-0.39, 0.29) is 0 Å². The Labute approximate surface area is 119 Å². The first-order valence-corrected chi connectivity index (χ1v) is 6.28. The van der Waals surface area contributed by atoms with Crippen LogP contribution >= 0.6 is 15.9 Å². The van der Waals surface area contributed by atoms with E-state index < -0.39 is 5.91 Å². The largest absolute Gasteiger partial charge is 0.494 e. The average Bonchev–Trinajstić information content (AvgIpc) is 2.38. The van der Waals surface area contributed by atoms with Gasteiger partial charge in [-0.05, 0) is 35.0 Å². The first kappa shape index (κ1) is 13.5. The standard InChI is InChI=1S/C13H12BrN3O2/c1-7-3-8(10(5-16-7)13(15)18)9-4-12(14)17-6-11(9)19-2/h3-6H,1-2H3,(H2,15,18). The van der Waals surface area contributed by atoms with Gasteiger partial charge in [0, 0.05) is 23.0 Å². The summed E-state index contributed by atoms with van der Waals surface area (Å²) in [5.74, 6) is 0.0359. The lowest BCUT2D eigenvalue weighted by molar-refractivity contribution is 0.100. The van der Waals surface area contributed by atoms with Crippen LogP contribution < -0.4 is 10.5 Å². The van der Waals surface area contributed by atoms with Crippen molar-refractivity contribution >= 4 is 21.8 Å². The Kier molecular flexibility index (Phi) is 3.80. The number of hydrogen-bond donors (Lipinski definition) is 1. The van der Waals surface area contributed by atoms with Crippen LogP contribution in [0.25, 0.3) is 11.1 Å². The van der Waals surface area contributed by atoms with Crippen molar-refractivity contribution in [1.82, 2.24) is 9.97 Å². The normalized spacial score (nSPS) is 10.3. The molecular weight excluding hydrogens is 310 g/mol. The van der Waals surface area contributed by atoms with Gasteiger partial charge in [0.25, 0.3) is 5.91 Å². The van der Waals surface area contributed by atoms with Crippen molar-refractivity contribution in [2.45, 2.75) is 6.92 Å². The number of aromatic nitrogens is 2. The van der Waals surface area contributed by atoms with Crippen LogP contribution in [0.4, 0.5) is 0 Å². The lowest BCUT2D eigenvalue weighted by Crippen LogP contribution is -2.13. The summed E-state index contributed by atoms with van der Waals surface area (Å²) in [5, 5.41) is 0. The van der Waals surface area contributed by atoms with E-state index in [1.165, 1.54) is 6.20 Å². The topological polar surface area (TPSA) is 78.1 Å². The molecule has 6 heteroatoms. The van der Waals surface area contributed by atoms with E-state index in [1.54, 1.807) is 25.4 Å². The number of carbonyl (C=O) groups is 1. The number of halogens is 1. The minimum absolute atomic E-state index is 0.349. The maximum Gasteiger partial charge on any atom is 0.250 e. The lowest BCUT2D eigenvalue weighted by Gasteiger charge is -2.12. The van der Waals surface area contributed by atoms with E-state index in [0.717, 1.165) is 11.3 Å². The number of nitrogens with zero attached hydrogens (tertiary/aromatic N) is 2. The average molecular weight is 322 g/mol. The van der Waals surface area contributed by atoms with Crippen molar-refractivity contribution in [3.63, 3.8) is 0 Å². The van der Waals surface area contributed by atoms with Crippen molar-refractivity contribution in [1.29, 1.82) is 0 Å². The summed E-state index contributed by atoms with van der Waals surface area (Å²) in [7, 11) is 1.55. The highest BCUT2D eigenvalue weighted by atomic mass is 79.9. The number of rotatable bonds is 3. The number of aryl methyl sites for hydroxylation is 1. The molecule has 0 aliphatic rings. The van der Waals surface area contributed by atoms with E-state index in [4.69, 9.17) is 10.5 Å². The molecule has 5 nitrogen and oxygen atoms in total. The van der Waals surface area contributed by atoms with E-state index in [0.29, 0.717) is 21.5 Å². The third-order valence-corrected chi connectivity index (χ3v) is 3.08. The molecule has 0 aliphatic carbocycles. The number of carbonyl (C=O) groups excluding carboxylic acids is 1. The third kappa shape index (κ3) is 2.73. The zero-order chi connectivity index (χ0) is 14.0. The fourth-order valence-electron chi connectivity index (χ4n) is 1.77. The highest BCUT2D eigenvalue weighted by Crippen LogP contribution is 2.33. The molecule has 2 N–H and O–H groups in total. The van der Waals surface area contributed by atoms with Crippen LogP contribution in [0.3, 0.4) is 0 Å². The highest BCUT2D eigenvalue weighted by Gasteiger charge is 2.15. The quantitative estimate of drug-likeness (QED) is 0.880. The summed E-state index contributed by atoms with van der Waals surface area (Å²) in [4.78, 5) is 19.7. The van der Waals surface area contributed by atoms with Crippen molar-refractivity contribution in [3.8, 4) is 16.9 Å². The Morgan fingerprint density at radius 3 is 2.63 bits per heavy atom. The van der Waals surface area contributed by atoms with Gasteiger partial charge in [-0.25, -0.2) is 4.98 Å². The molecule has 19 heavy (non-hydrogen) atoms. The number of primary amides is 1. The van der Waals surface area contributed by atoms with Gasteiger partial charge in [0.15, 0.2) is 0 Å². The van der Waals surface area contributed by atoms with Crippen LogP contribution in [-0.4, -0.2) is 23.0 Å². The Morgan fingerprint density at radius 2 is 2.00 bits per heavy atom. The zero-order valence-corrected chi connectivity index (χ0v) is 12.1. The van der Waals surface area contributed by atoms with Crippen LogP contribution in [0.2, 0.25) is 0 Å². The van der Waals surface area contributed by atoms with E-state index in [2.05, 4.69) is 25.9 Å². The minimum atomic E-state index is -0.530.